The number of anilines is 1. The minimum atomic E-state index is 0.123. The van der Waals surface area contributed by atoms with Gasteiger partial charge in [0.25, 0.3) is 0 Å². The van der Waals surface area contributed by atoms with Crippen molar-refractivity contribution in [3.05, 3.63) is 59.8 Å². The highest BCUT2D eigenvalue weighted by Gasteiger charge is 2.05. The molecule has 0 bridgehead atoms. The number of fused-ring (bicyclic) bond motifs is 1. The first-order chi connectivity index (χ1) is 10.5. The van der Waals surface area contributed by atoms with Gasteiger partial charge < -0.3 is 15.6 Å². The molecule has 4 nitrogen and oxygen atoms in total. The van der Waals surface area contributed by atoms with Crippen LogP contribution in [0.1, 0.15) is 11.1 Å². The second kappa shape index (κ2) is 6.80. The van der Waals surface area contributed by atoms with E-state index in [1.807, 2.05) is 44.2 Å². The van der Waals surface area contributed by atoms with Gasteiger partial charge in [0.1, 0.15) is 0 Å². The first-order valence-corrected chi connectivity index (χ1v) is 6.95. The molecule has 3 N–H and O–H groups in total. The van der Waals surface area contributed by atoms with Crippen LogP contribution in [0.15, 0.2) is 48.7 Å². The minimum absolute atomic E-state index is 0.123. The Morgan fingerprint density at radius 1 is 1.05 bits per heavy atom. The number of rotatable bonds is 1. The average molecular weight is 296 g/mol. The summed E-state index contributed by atoms with van der Waals surface area (Å²) in [7, 11) is 1.53. The van der Waals surface area contributed by atoms with Crippen molar-refractivity contribution in [3.8, 4) is 11.5 Å². The van der Waals surface area contributed by atoms with Crippen LogP contribution in [0, 0.1) is 13.8 Å². The summed E-state index contributed by atoms with van der Waals surface area (Å²) in [5.74, 6) is 0.603. The van der Waals surface area contributed by atoms with E-state index in [0.717, 1.165) is 22.2 Å². The number of methoxy groups -OCH3 is 1. The maximum Gasteiger partial charge on any atom is 0.161 e. The van der Waals surface area contributed by atoms with Crippen LogP contribution in [-0.2, 0) is 0 Å². The zero-order valence-corrected chi connectivity index (χ0v) is 13.0. The van der Waals surface area contributed by atoms with Crippen molar-refractivity contribution < 1.29 is 9.84 Å². The fourth-order valence-electron chi connectivity index (χ4n) is 2.03. The van der Waals surface area contributed by atoms with Gasteiger partial charge in [0.05, 0.1) is 12.6 Å². The summed E-state index contributed by atoms with van der Waals surface area (Å²) in [5, 5.41) is 10.5. The summed E-state index contributed by atoms with van der Waals surface area (Å²) in [6.07, 6.45) is 1.73. The number of aryl methyl sites for hydroxylation is 2. The van der Waals surface area contributed by atoms with E-state index in [2.05, 4.69) is 4.98 Å². The summed E-state index contributed by atoms with van der Waals surface area (Å²) < 4.78 is 5.03. The third-order valence-corrected chi connectivity index (χ3v) is 3.34. The summed E-state index contributed by atoms with van der Waals surface area (Å²) >= 11 is 0. The maximum atomic E-state index is 9.53. The molecule has 22 heavy (non-hydrogen) atoms. The Morgan fingerprint density at radius 3 is 2.32 bits per heavy atom. The Labute approximate surface area is 130 Å². The predicted octanol–water partition coefficient (Wildman–Crippen LogP) is 3.83. The number of phenols is 1. The van der Waals surface area contributed by atoms with E-state index in [-0.39, 0.29) is 5.75 Å². The van der Waals surface area contributed by atoms with Gasteiger partial charge in [-0.25, -0.2) is 0 Å². The summed E-state index contributed by atoms with van der Waals surface area (Å²) in [4.78, 5) is 4.16. The van der Waals surface area contributed by atoms with Crippen LogP contribution in [0.5, 0.6) is 11.5 Å². The molecule has 0 radical (unpaired) electrons. The second-order valence-corrected chi connectivity index (χ2v) is 5.08. The number of phenolic OH excluding ortho intramolecular Hbond substituents is 1. The van der Waals surface area contributed by atoms with Crippen molar-refractivity contribution in [2.75, 3.05) is 12.8 Å². The van der Waals surface area contributed by atoms with Crippen molar-refractivity contribution >= 4 is 16.6 Å². The number of ether oxygens (including phenoxy) is 1. The molecule has 0 saturated heterocycles. The largest absolute Gasteiger partial charge is 0.504 e. The van der Waals surface area contributed by atoms with Gasteiger partial charge in [-0.05, 0) is 43.7 Å². The van der Waals surface area contributed by atoms with E-state index in [9.17, 15) is 5.11 Å². The van der Waals surface area contributed by atoms with E-state index < -0.39 is 0 Å². The molecule has 0 aliphatic heterocycles. The Morgan fingerprint density at radius 2 is 1.73 bits per heavy atom. The Bertz CT molecular complexity index is 747. The molecule has 0 unspecified atom stereocenters. The van der Waals surface area contributed by atoms with E-state index in [4.69, 9.17) is 10.5 Å². The lowest BCUT2D eigenvalue weighted by Gasteiger charge is -2.06. The van der Waals surface area contributed by atoms with E-state index >= 15 is 0 Å². The zero-order valence-electron chi connectivity index (χ0n) is 13.0. The number of aromatic hydroxyl groups is 1. The second-order valence-electron chi connectivity index (χ2n) is 5.08. The van der Waals surface area contributed by atoms with Crippen LogP contribution in [0.4, 0.5) is 5.69 Å². The number of benzene rings is 2. The van der Waals surface area contributed by atoms with E-state index in [1.165, 1.54) is 12.7 Å². The lowest BCUT2D eigenvalue weighted by molar-refractivity contribution is 0.374. The van der Waals surface area contributed by atoms with E-state index in [0.29, 0.717) is 5.75 Å². The first-order valence-electron chi connectivity index (χ1n) is 6.95. The Balaban J connectivity index is 0.000000188. The molecule has 0 amide bonds. The first kappa shape index (κ1) is 15.6. The van der Waals surface area contributed by atoms with Gasteiger partial charge in [0, 0.05) is 23.3 Å². The van der Waals surface area contributed by atoms with Crippen molar-refractivity contribution in [3.63, 3.8) is 0 Å². The minimum Gasteiger partial charge on any atom is -0.504 e. The number of pyridine rings is 1. The number of nitrogens with zero attached hydrogens (tertiary/aromatic N) is 1. The monoisotopic (exact) mass is 296 g/mol. The molecule has 1 heterocycles. The van der Waals surface area contributed by atoms with Crippen molar-refractivity contribution in [2.24, 2.45) is 0 Å². The Hall–Kier alpha value is -2.75. The molecule has 0 aliphatic rings. The normalized spacial score (nSPS) is 9.95. The molecule has 114 valence electrons. The number of aromatic nitrogens is 1. The fourth-order valence-corrected chi connectivity index (χ4v) is 2.03. The van der Waals surface area contributed by atoms with E-state index in [1.54, 1.807) is 18.3 Å². The molecule has 0 aliphatic carbocycles. The highest BCUT2D eigenvalue weighted by atomic mass is 16.5. The lowest BCUT2D eigenvalue weighted by Crippen LogP contribution is -1.87. The number of hydrogen-bond donors (Lipinski definition) is 2. The van der Waals surface area contributed by atoms with Gasteiger partial charge in [-0.3, -0.25) is 4.98 Å². The third-order valence-electron chi connectivity index (χ3n) is 3.34. The highest BCUT2D eigenvalue weighted by molar-refractivity contribution is 5.85. The average Bonchev–Trinajstić information content (AvgIpc) is 2.51. The maximum absolute atomic E-state index is 9.53. The van der Waals surface area contributed by atoms with Gasteiger partial charge in [-0.1, -0.05) is 17.7 Å². The van der Waals surface area contributed by atoms with Gasteiger partial charge in [0.2, 0.25) is 0 Å². The van der Waals surface area contributed by atoms with Crippen LogP contribution in [0.25, 0.3) is 10.9 Å². The van der Waals surface area contributed by atoms with Gasteiger partial charge in [-0.2, -0.15) is 0 Å². The van der Waals surface area contributed by atoms with Gasteiger partial charge >= 0.3 is 0 Å². The lowest BCUT2D eigenvalue weighted by atomic mass is 10.1. The SMILES string of the molecule is COc1cc2c(C)ccnc2cc1O.Cc1ccc(N)cc1. The Kier molecular flexibility index (Phi) is 4.84. The predicted molar refractivity (Wildman–Crippen MR) is 90.3 cm³/mol. The fraction of sp³-hybridized carbons (Fsp3) is 0.167. The molecular weight excluding hydrogens is 276 g/mol. The molecule has 1 aromatic heterocycles. The van der Waals surface area contributed by atoms with Crippen LogP contribution < -0.4 is 10.5 Å². The van der Waals surface area contributed by atoms with Crippen molar-refractivity contribution in [2.45, 2.75) is 13.8 Å². The van der Waals surface area contributed by atoms with Gasteiger partial charge in [0.15, 0.2) is 11.5 Å². The molecule has 0 spiro atoms. The standard InChI is InChI=1S/C11H11NO2.C7H9N/c1-7-3-4-12-9-6-10(13)11(14-2)5-8(7)9;1-6-2-4-7(8)5-3-6/h3-6,13H,1-2H3;2-5H,8H2,1H3. The van der Waals surface area contributed by atoms with Crippen LogP contribution >= 0.6 is 0 Å². The highest BCUT2D eigenvalue weighted by Crippen LogP contribution is 2.31. The van der Waals surface area contributed by atoms with Crippen molar-refractivity contribution in [1.82, 2.24) is 4.98 Å². The van der Waals surface area contributed by atoms with Crippen LogP contribution in [0.2, 0.25) is 0 Å². The smallest absolute Gasteiger partial charge is 0.161 e. The molecule has 0 fully saturated rings. The number of nitrogens with two attached hydrogens (primary N) is 1. The van der Waals surface area contributed by atoms with Crippen LogP contribution in [-0.4, -0.2) is 17.2 Å². The topological polar surface area (TPSA) is 68.4 Å². The summed E-state index contributed by atoms with van der Waals surface area (Å²) in [6.45, 7) is 4.04. The zero-order chi connectivity index (χ0) is 16.1. The molecule has 3 aromatic rings. The molecule has 2 aromatic carbocycles. The van der Waals surface area contributed by atoms with Crippen LogP contribution in [0.3, 0.4) is 0 Å². The summed E-state index contributed by atoms with van der Waals surface area (Å²) in [5.41, 5.74) is 9.40. The quantitative estimate of drug-likeness (QED) is 0.670. The van der Waals surface area contributed by atoms with Crippen molar-refractivity contribution in [1.29, 1.82) is 0 Å². The molecule has 4 heteroatoms. The van der Waals surface area contributed by atoms with Gasteiger partial charge in [-0.15, -0.1) is 0 Å². The molecular formula is C18H20N2O2. The number of hydrogen-bond acceptors (Lipinski definition) is 4. The molecule has 0 atom stereocenters. The molecule has 0 saturated carbocycles. The number of nitrogen functional groups attached to an aromatic ring is 1. The third kappa shape index (κ3) is 3.67. The summed E-state index contributed by atoms with van der Waals surface area (Å²) in [6, 6.07) is 13.1. The molecule has 3 rings (SSSR count).